The molecule has 0 amide bonds. The molecule has 2 unspecified atom stereocenters. The van der Waals surface area contributed by atoms with Gasteiger partial charge in [0.15, 0.2) is 0 Å². The first kappa shape index (κ1) is 20.4. The summed E-state index contributed by atoms with van der Waals surface area (Å²) >= 11 is -0.321. The van der Waals surface area contributed by atoms with Crippen LogP contribution in [0.5, 0.6) is 0 Å². The van der Waals surface area contributed by atoms with Gasteiger partial charge in [-0.25, -0.2) is 0 Å². The summed E-state index contributed by atoms with van der Waals surface area (Å²) in [7, 11) is 0. The van der Waals surface area contributed by atoms with Gasteiger partial charge in [0.25, 0.3) is 0 Å². The van der Waals surface area contributed by atoms with E-state index in [1.54, 1.807) is 6.92 Å². The lowest BCUT2D eigenvalue weighted by molar-refractivity contribution is -0.163. The molecule has 2 atom stereocenters. The molecule has 0 heterocycles. The van der Waals surface area contributed by atoms with Crippen molar-refractivity contribution in [3.05, 3.63) is 12.2 Å². The zero-order chi connectivity index (χ0) is 17.7. The molecule has 0 aromatic rings. The van der Waals surface area contributed by atoms with E-state index in [-0.39, 0.29) is 24.5 Å². The third kappa shape index (κ3) is 7.16. The van der Waals surface area contributed by atoms with Gasteiger partial charge in [0.1, 0.15) is 6.10 Å². The van der Waals surface area contributed by atoms with Crippen molar-refractivity contribution in [3.8, 4) is 0 Å². The Hall–Kier alpha value is -0.690. The summed E-state index contributed by atoms with van der Waals surface area (Å²) in [4.78, 5) is 12.7. The van der Waals surface area contributed by atoms with Crippen LogP contribution >= 0.6 is 11.9 Å². The van der Waals surface area contributed by atoms with Crippen molar-refractivity contribution in [2.45, 2.75) is 64.5 Å². The molecule has 0 aromatic heterocycles. The Morgan fingerprint density at radius 1 is 1.43 bits per heavy atom. The minimum Gasteiger partial charge on any atom is -0.461 e. The van der Waals surface area contributed by atoms with Crippen LogP contribution in [0.3, 0.4) is 0 Å². The molecule has 1 fully saturated rings. The van der Waals surface area contributed by atoms with Crippen LogP contribution in [0.1, 0.15) is 52.9 Å². The first-order valence-electron chi connectivity index (χ1n) is 7.89. The Balaban J connectivity index is 2.61. The van der Waals surface area contributed by atoms with Gasteiger partial charge >= 0.3 is 11.5 Å². The molecule has 0 radical (unpaired) electrons. The third-order valence-corrected chi connectivity index (χ3v) is 4.42. The molecule has 0 bridgehead atoms. The van der Waals surface area contributed by atoms with E-state index in [0.717, 1.165) is 24.8 Å². The SMILES string of the molecule is C=C1CCCC(CC(C)C)(C(=O)OC(C)CNSC(F)(F)F)C1. The van der Waals surface area contributed by atoms with Gasteiger partial charge in [-0.1, -0.05) is 26.0 Å². The molecular formula is C16H26F3NO2S. The first-order valence-corrected chi connectivity index (χ1v) is 8.71. The van der Waals surface area contributed by atoms with Gasteiger partial charge in [0, 0.05) is 18.5 Å². The number of ether oxygens (including phenoxy) is 1. The maximum absolute atomic E-state index is 12.7. The van der Waals surface area contributed by atoms with E-state index in [1.165, 1.54) is 0 Å². The van der Waals surface area contributed by atoms with Crippen molar-refractivity contribution in [2.75, 3.05) is 6.54 Å². The molecule has 1 aliphatic carbocycles. The van der Waals surface area contributed by atoms with Crippen LogP contribution in [0.2, 0.25) is 0 Å². The maximum Gasteiger partial charge on any atom is 0.456 e. The molecule has 0 aromatic carbocycles. The number of nitrogens with one attached hydrogen (secondary N) is 1. The molecule has 1 aliphatic rings. The molecule has 0 spiro atoms. The fourth-order valence-electron chi connectivity index (χ4n) is 3.14. The summed E-state index contributed by atoms with van der Waals surface area (Å²) in [6, 6.07) is 0. The fraction of sp³-hybridized carbons (Fsp3) is 0.812. The van der Waals surface area contributed by atoms with E-state index >= 15 is 0 Å². The number of halogens is 3. The van der Waals surface area contributed by atoms with Gasteiger partial charge in [-0.2, -0.15) is 13.2 Å². The van der Waals surface area contributed by atoms with Crippen molar-refractivity contribution < 1.29 is 22.7 Å². The Morgan fingerprint density at radius 2 is 2.09 bits per heavy atom. The van der Waals surface area contributed by atoms with Crippen LogP contribution in [0.25, 0.3) is 0 Å². The van der Waals surface area contributed by atoms with Gasteiger partial charge in [0.05, 0.1) is 5.41 Å². The van der Waals surface area contributed by atoms with Gasteiger partial charge in [-0.05, 0) is 44.9 Å². The average molecular weight is 353 g/mol. The maximum atomic E-state index is 12.7. The highest BCUT2D eigenvalue weighted by atomic mass is 32.2. The predicted molar refractivity (Wildman–Crippen MR) is 86.7 cm³/mol. The average Bonchev–Trinajstić information content (AvgIpc) is 2.35. The number of rotatable bonds is 7. The lowest BCUT2D eigenvalue weighted by atomic mass is 9.68. The first-order chi connectivity index (χ1) is 10.5. The predicted octanol–water partition coefficient (Wildman–Crippen LogP) is 4.84. The Bertz CT molecular complexity index is 426. The summed E-state index contributed by atoms with van der Waals surface area (Å²) in [5, 5.41) is 0. The fourth-order valence-corrected chi connectivity index (χ4v) is 3.62. The normalized spacial score (nSPS) is 23.9. The van der Waals surface area contributed by atoms with E-state index in [2.05, 4.69) is 25.1 Å². The number of esters is 1. The Labute approximate surface area is 140 Å². The molecule has 7 heteroatoms. The summed E-state index contributed by atoms with van der Waals surface area (Å²) in [6.07, 6.45) is 3.28. The number of carbonyl (C=O) groups is 1. The minimum atomic E-state index is -4.34. The Kier molecular flexibility index (Phi) is 7.45. The number of hydrogen-bond donors (Lipinski definition) is 1. The standard InChI is InChI=1S/C16H26F3NO2S/c1-11(2)8-15(7-5-6-12(3)9-15)14(21)22-13(4)10-20-23-16(17,18)19/h11,13,20H,3,5-10H2,1-2,4H3. The molecular weight excluding hydrogens is 327 g/mol. The monoisotopic (exact) mass is 353 g/mol. The molecule has 134 valence electrons. The number of allylic oxidation sites excluding steroid dienone is 1. The van der Waals surface area contributed by atoms with E-state index in [1.807, 2.05) is 0 Å². The zero-order valence-corrected chi connectivity index (χ0v) is 14.8. The second-order valence-electron chi connectivity index (χ2n) is 6.77. The largest absolute Gasteiger partial charge is 0.461 e. The summed E-state index contributed by atoms with van der Waals surface area (Å²) < 4.78 is 43.9. The van der Waals surface area contributed by atoms with E-state index in [9.17, 15) is 18.0 Å². The molecule has 1 rings (SSSR count). The van der Waals surface area contributed by atoms with Gasteiger partial charge in [-0.15, -0.1) is 0 Å². The summed E-state index contributed by atoms with van der Waals surface area (Å²) in [5.74, 6) is 0.0287. The van der Waals surface area contributed by atoms with Crippen molar-refractivity contribution in [1.82, 2.24) is 4.72 Å². The van der Waals surface area contributed by atoms with Crippen molar-refractivity contribution in [1.29, 1.82) is 0 Å². The van der Waals surface area contributed by atoms with Gasteiger partial charge in [0.2, 0.25) is 0 Å². The van der Waals surface area contributed by atoms with Crippen molar-refractivity contribution in [2.24, 2.45) is 11.3 Å². The van der Waals surface area contributed by atoms with E-state index in [4.69, 9.17) is 4.74 Å². The van der Waals surface area contributed by atoms with E-state index in [0.29, 0.717) is 18.8 Å². The third-order valence-electron chi connectivity index (χ3n) is 3.87. The van der Waals surface area contributed by atoms with Crippen molar-refractivity contribution >= 4 is 17.9 Å². The van der Waals surface area contributed by atoms with Gasteiger partial charge < -0.3 is 4.74 Å². The number of alkyl halides is 3. The van der Waals surface area contributed by atoms with Crippen LogP contribution in [0.4, 0.5) is 13.2 Å². The van der Waals surface area contributed by atoms with Crippen LogP contribution in [0.15, 0.2) is 12.2 Å². The summed E-state index contributed by atoms with van der Waals surface area (Å²) in [6.45, 7) is 9.67. The number of carbonyl (C=O) groups excluding carboxylic acids is 1. The molecule has 3 nitrogen and oxygen atoms in total. The minimum absolute atomic E-state index is 0.0470. The molecule has 0 aliphatic heterocycles. The van der Waals surface area contributed by atoms with E-state index < -0.39 is 17.0 Å². The van der Waals surface area contributed by atoms with Crippen LogP contribution in [0, 0.1) is 11.3 Å². The highest BCUT2D eigenvalue weighted by molar-refractivity contribution is 7.98. The highest BCUT2D eigenvalue weighted by Gasteiger charge is 2.43. The zero-order valence-electron chi connectivity index (χ0n) is 14.0. The van der Waals surface area contributed by atoms with Crippen LogP contribution in [-0.2, 0) is 9.53 Å². The smallest absolute Gasteiger partial charge is 0.456 e. The molecule has 0 saturated heterocycles. The van der Waals surface area contributed by atoms with Crippen molar-refractivity contribution in [3.63, 3.8) is 0 Å². The van der Waals surface area contributed by atoms with Gasteiger partial charge in [-0.3, -0.25) is 9.52 Å². The second kappa shape index (κ2) is 8.42. The lowest BCUT2D eigenvalue weighted by Crippen LogP contribution is -2.40. The quantitative estimate of drug-likeness (QED) is 0.404. The molecule has 1 saturated carbocycles. The highest BCUT2D eigenvalue weighted by Crippen LogP contribution is 2.44. The molecule has 23 heavy (non-hydrogen) atoms. The van der Waals surface area contributed by atoms with Crippen LogP contribution < -0.4 is 4.72 Å². The molecule has 1 N–H and O–H groups in total. The second-order valence-corrected chi connectivity index (χ2v) is 7.73. The number of hydrogen-bond acceptors (Lipinski definition) is 4. The Morgan fingerprint density at radius 3 is 2.61 bits per heavy atom. The topological polar surface area (TPSA) is 38.3 Å². The lowest BCUT2D eigenvalue weighted by Gasteiger charge is -2.38. The van der Waals surface area contributed by atoms with Crippen LogP contribution in [-0.4, -0.2) is 24.1 Å². The summed E-state index contributed by atoms with van der Waals surface area (Å²) in [5.41, 5.74) is -3.87.